The average molecular weight is 592 g/mol. The maximum Gasteiger partial charge on any atom is 0.257 e. The molecule has 0 N–H and O–H groups in total. The Morgan fingerprint density at radius 2 is 1.59 bits per heavy atom. The van der Waals surface area contributed by atoms with Gasteiger partial charge in [-0.05, 0) is 30.1 Å². The topological polar surface area (TPSA) is 47.3 Å². The number of fused-ring (bicyclic) bond motifs is 4. The van der Waals surface area contributed by atoms with Crippen molar-refractivity contribution in [3.05, 3.63) is 126 Å². The summed E-state index contributed by atoms with van der Waals surface area (Å²) < 4.78 is 1.58. The van der Waals surface area contributed by atoms with Crippen molar-refractivity contribution in [2.45, 2.75) is 0 Å². The van der Waals surface area contributed by atoms with Crippen LogP contribution in [0.15, 0.2) is 108 Å². The normalized spacial score (nSPS) is 10.4. The van der Waals surface area contributed by atoms with Crippen LogP contribution in [0.4, 0.5) is 0 Å². The van der Waals surface area contributed by atoms with Crippen molar-refractivity contribution >= 4 is 27.3 Å². The fraction of sp³-hybridized carbons (Fsp3) is 0. The first-order valence-corrected chi connectivity index (χ1v) is 9.90. The second-order valence-corrected chi connectivity index (χ2v) is 6.94. The summed E-state index contributed by atoms with van der Waals surface area (Å²) in [6.07, 6.45) is 3.56. The number of pyridine rings is 2. The van der Waals surface area contributed by atoms with Crippen molar-refractivity contribution in [2.24, 2.45) is 0 Å². The van der Waals surface area contributed by atoms with Gasteiger partial charge >= 0.3 is 0 Å². The Balaban J connectivity index is 0.000000164. The van der Waals surface area contributed by atoms with Crippen LogP contribution in [0.25, 0.3) is 38.6 Å². The Hall–Kier alpha value is -3.66. The Bertz CT molecular complexity index is 1510. The van der Waals surface area contributed by atoms with Crippen LogP contribution in [0.3, 0.4) is 0 Å². The molecule has 6 aromatic rings. The van der Waals surface area contributed by atoms with Gasteiger partial charge < -0.3 is 9.38 Å². The molecule has 0 fully saturated rings. The predicted octanol–water partition coefficient (Wildman–Crippen LogP) is 5.35. The van der Waals surface area contributed by atoms with Gasteiger partial charge in [0.05, 0.1) is 16.6 Å². The minimum Gasteiger partial charge on any atom is -0.309 e. The fourth-order valence-electron chi connectivity index (χ4n) is 3.47. The molecular weight excluding hydrogens is 575 g/mol. The first kappa shape index (κ1) is 21.6. The summed E-state index contributed by atoms with van der Waals surface area (Å²) >= 11 is 0. The number of para-hydroxylation sites is 1. The molecule has 4 nitrogen and oxygen atoms in total. The summed E-state index contributed by atoms with van der Waals surface area (Å²) in [6.45, 7) is 0. The van der Waals surface area contributed by atoms with Gasteiger partial charge in [0.2, 0.25) is 0 Å². The van der Waals surface area contributed by atoms with E-state index in [1.54, 1.807) is 22.9 Å². The van der Waals surface area contributed by atoms with E-state index in [-0.39, 0.29) is 25.7 Å². The third-order valence-corrected chi connectivity index (χ3v) is 4.97. The van der Waals surface area contributed by atoms with Gasteiger partial charge in [-0.2, -0.15) is 0 Å². The molecule has 0 spiro atoms. The molecular formula is C27H17IrN3O-2. The van der Waals surface area contributed by atoms with Crippen LogP contribution in [-0.4, -0.2) is 14.4 Å². The first-order valence-electron chi connectivity index (χ1n) is 9.90. The van der Waals surface area contributed by atoms with Crippen LogP contribution in [0, 0.1) is 12.1 Å². The first-order chi connectivity index (χ1) is 15.3. The van der Waals surface area contributed by atoms with Crippen molar-refractivity contribution < 1.29 is 20.1 Å². The van der Waals surface area contributed by atoms with Gasteiger partial charge in [-0.3, -0.25) is 9.78 Å². The van der Waals surface area contributed by atoms with Gasteiger partial charge in [0.15, 0.2) is 0 Å². The zero-order chi connectivity index (χ0) is 21.0. The van der Waals surface area contributed by atoms with Gasteiger partial charge in [-0.15, -0.1) is 70.9 Å². The second-order valence-electron chi connectivity index (χ2n) is 6.94. The number of rotatable bonds is 1. The fourth-order valence-corrected chi connectivity index (χ4v) is 3.47. The van der Waals surface area contributed by atoms with Crippen molar-refractivity contribution in [3.63, 3.8) is 0 Å². The zero-order valence-electron chi connectivity index (χ0n) is 16.9. The maximum atomic E-state index is 12.4. The summed E-state index contributed by atoms with van der Waals surface area (Å²) in [5, 5.41) is 2.54. The van der Waals surface area contributed by atoms with Crippen LogP contribution in [0.5, 0.6) is 0 Å². The second kappa shape index (κ2) is 9.65. The van der Waals surface area contributed by atoms with E-state index in [9.17, 15) is 4.79 Å². The number of hydrogen-bond donors (Lipinski definition) is 0. The maximum absolute atomic E-state index is 12.4. The monoisotopic (exact) mass is 592 g/mol. The molecule has 32 heavy (non-hydrogen) atoms. The van der Waals surface area contributed by atoms with E-state index in [0.717, 1.165) is 27.5 Å². The summed E-state index contributed by atoms with van der Waals surface area (Å²) in [7, 11) is 0. The van der Waals surface area contributed by atoms with Crippen molar-refractivity contribution in [1.82, 2.24) is 14.4 Å². The zero-order valence-corrected chi connectivity index (χ0v) is 19.3. The average Bonchev–Trinajstić information content (AvgIpc) is 2.86. The molecule has 0 unspecified atom stereocenters. The van der Waals surface area contributed by atoms with E-state index in [4.69, 9.17) is 0 Å². The molecule has 1 radical (unpaired) electrons. The minimum absolute atomic E-state index is 0. The number of benzene rings is 3. The summed E-state index contributed by atoms with van der Waals surface area (Å²) in [4.78, 5) is 21.3. The number of hydrogen-bond acceptors (Lipinski definition) is 3. The Morgan fingerprint density at radius 3 is 2.41 bits per heavy atom. The Labute approximate surface area is 198 Å². The smallest absolute Gasteiger partial charge is 0.257 e. The quantitative estimate of drug-likeness (QED) is 0.147. The van der Waals surface area contributed by atoms with Gasteiger partial charge in [0.25, 0.3) is 5.56 Å². The SMILES string of the molecule is O=c1c2ccccc2nc2c3[c-]cccc3ccn12.[Ir].[c-]1ccccc1-c1ccccn1. The molecule has 0 bridgehead atoms. The molecule has 0 amide bonds. The molecule has 0 saturated carbocycles. The van der Waals surface area contributed by atoms with E-state index in [1.807, 2.05) is 84.9 Å². The Kier molecular flexibility index (Phi) is 6.50. The van der Waals surface area contributed by atoms with Crippen molar-refractivity contribution in [2.75, 3.05) is 0 Å². The Morgan fingerprint density at radius 1 is 0.781 bits per heavy atom. The molecule has 6 rings (SSSR count). The van der Waals surface area contributed by atoms with Crippen LogP contribution in [0.1, 0.15) is 0 Å². The molecule has 0 saturated heterocycles. The van der Waals surface area contributed by atoms with E-state index in [1.165, 1.54) is 0 Å². The third-order valence-electron chi connectivity index (χ3n) is 4.97. The largest absolute Gasteiger partial charge is 0.309 e. The van der Waals surface area contributed by atoms with Crippen LogP contribution < -0.4 is 5.56 Å². The van der Waals surface area contributed by atoms with E-state index in [0.29, 0.717) is 11.0 Å². The molecule has 3 heterocycles. The molecule has 0 aliphatic heterocycles. The van der Waals surface area contributed by atoms with E-state index in [2.05, 4.69) is 22.1 Å². The number of aromatic nitrogens is 3. The van der Waals surface area contributed by atoms with Crippen molar-refractivity contribution in [3.8, 4) is 11.3 Å². The minimum atomic E-state index is -0.0419. The molecule has 0 aliphatic carbocycles. The molecule has 0 aliphatic rings. The van der Waals surface area contributed by atoms with Gasteiger partial charge in [0.1, 0.15) is 0 Å². The van der Waals surface area contributed by atoms with Crippen LogP contribution in [-0.2, 0) is 20.1 Å². The molecule has 157 valence electrons. The third kappa shape index (κ3) is 4.22. The van der Waals surface area contributed by atoms with Gasteiger partial charge in [-0.1, -0.05) is 30.3 Å². The molecule has 0 atom stereocenters. The van der Waals surface area contributed by atoms with Crippen molar-refractivity contribution in [1.29, 1.82) is 0 Å². The van der Waals surface area contributed by atoms with E-state index >= 15 is 0 Å². The predicted molar refractivity (Wildman–Crippen MR) is 124 cm³/mol. The summed E-state index contributed by atoms with van der Waals surface area (Å²) in [5.41, 5.74) is 3.34. The van der Waals surface area contributed by atoms with Gasteiger partial charge in [-0.25, -0.2) is 0 Å². The molecule has 3 aromatic carbocycles. The molecule has 3 aromatic heterocycles. The standard InChI is InChI=1S/C16H9N2O.C11H8N.Ir/c19-16-13-7-3-4-8-14(13)17-15-12-6-2-1-5-11(12)9-10-18(15)16;1-2-6-10(7-3-1)11-8-4-5-9-12-11;/h1-5,7-10H;1-6,8-9H;/q2*-1;. The van der Waals surface area contributed by atoms with Gasteiger partial charge in [0, 0.05) is 26.3 Å². The van der Waals surface area contributed by atoms with Crippen LogP contribution in [0.2, 0.25) is 0 Å². The van der Waals surface area contributed by atoms with Crippen LogP contribution >= 0.6 is 0 Å². The summed E-state index contributed by atoms with van der Waals surface area (Å²) in [5.74, 6) is 0. The number of nitrogens with zero attached hydrogens (tertiary/aromatic N) is 3. The summed E-state index contributed by atoms with van der Waals surface area (Å²) in [6, 6.07) is 35.1. The van der Waals surface area contributed by atoms with E-state index < -0.39 is 0 Å². The molecule has 5 heteroatoms.